The second-order valence-electron chi connectivity index (χ2n) is 6.64. The van der Waals surface area contributed by atoms with Crippen LogP contribution < -0.4 is 5.32 Å². The molecule has 4 aromatic rings. The van der Waals surface area contributed by atoms with E-state index in [0.29, 0.717) is 5.69 Å². The summed E-state index contributed by atoms with van der Waals surface area (Å²) >= 11 is 0. The van der Waals surface area contributed by atoms with Gasteiger partial charge in [0.15, 0.2) is 0 Å². The summed E-state index contributed by atoms with van der Waals surface area (Å²) in [4.78, 5) is 13.1. The lowest BCUT2D eigenvalue weighted by atomic mass is 10.0. The summed E-state index contributed by atoms with van der Waals surface area (Å²) in [5.74, 6) is -0.206. The smallest absolute Gasteiger partial charge is 0.270 e. The molecule has 0 saturated heterocycles. The van der Waals surface area contributed by atoms with E-state index in [1.54, 1.807) is 10.9 Å². The van der Waals surface area contributed by atoms with Crippen LogP contribution in [0.2, 0.25) is 0 Å². The van der Waals surface area contributed by atoms with Crippen molar-refractivity contribution in [1.82, 2.24) is 25.3 Å². The lowest BCUT2D eigenvalue weighted by Gasteiger charge is -2.19. The Balaban J connectivity index is 1.66. The number of nitrogens with zero attached hydrogens (tertiary/aromatic N) is 3. The first-order valence-electron chi connectivity index (χ1n) is 9.09. The van der Waals surface area contributed by atoms with Gasteiger partial charge in [0.25, 0.3) is 5.91 Å². The van der Waals surface area contributed by atoms with Crippen molar-refractivity contribution in [2.75, 3.05) is 0 Å². The van der Waals surface area contributed by atoms with Gasteiger partial charge in [0.1, 0.15) is 5.69 Å². The van der Waals surface area contributed by atoms with Crippen LogP contribution in [0.25, 0.3) is 11.3 Å². The number of rotatable bonds is 5. The van der Waals surface area contributed by atoms with Crippen LogP contribution >= 0.6 is 0 Å². The normalized spacial score (nSPS) is 11.9. The number of H-pyrrole nitrogens is 1. The molecule has 2 N–H and O–H groups in total. The van der Waals surface area contributed by atoms with Crippen LogP contribution in [-0.4, -0.2) is 25.9 Å². The SMILES string of the molecule is Cc1c(-c2ccccc2)n[nH]c1C(=O)NC(c1ccccc1)c1ccnn1C. The van der Waals surface area contributed by atoms with Crippen molar-refractivity contribution < 1.29 is 4.79 Å². The molecule has 4 rings (SSSR count). The lowest BCUT2D eigenvalue weighted by molar-refractivity contribution is 0.0936. The average molecular weight is 371 g/mol. The number of aromatic amines is 1. The predicted octanol–water partition coefficient (Wildman–Crippen LogP) is 3.64. The molecule has 2 aromatic heterocycles. The number of amides is 1. The van der Waals surface area contributed by atoms with Crippen molar-refractivity contribution in [1.29, 1.82) is 0 Å². The molecule has 0 fully saturated rings. The van der Waals surface area contributed by atoms with Crippen LogP contribution in [0.1, 0.15) is 33.4 Å². The van der Waals surface area contributed by atoms with Gasteiger partial charge in [0, 0.05) is 24.4 Å². The van der Waals surface area contributed by atoms with Crippen LogP contribution in [-0.2, 0) is 7.05 Å². The van der Waals surface area contributed by atoms with E-state index in [1.165, 1.54) is 0 Å². The zero-order valence-corrected chi connectivity index (χ0v) is 15.8. The molecule has 1 unspecified atom stereocenters. The molecule has 2 heterocycles. The summed E-state index contributed by atoms with van der Waals surface area (Å²) in [6, 6.07) is 21.3. The van der Waals surface area contributed by atoms with E-state index in [2.05, 4.69) is 20.6 Å². The molecule has 1 amide bonds. The molecule has 0 saturated carbocycles. The maximum atomic E-state index is 13.1. The van der Waals surface area contributed by atoms with Crippen LogP contribution in [0.5, 0.6) is 0 Å². The van der Waals surface area contributed by atoms with Gasteiger partial charge in [-0.05, 0) is 18.6 Å². The number of hydrogen-bond donors (Lipinski definition) is 2. The molecule has 28 heavy (non-hydrogen) atoms. The Labute approximate surface area is 163 Å². The third-order valence-electron chi connectivity index (χ3n) is 4.85. The predicted molar refractivity (Wildman–Crippen MR) is 108 cm³/mol. The molecule has 0 bridgehead atoms. The second-order valence-corrected chi connectivity index (χ2v) is 6.64. The number of aryl methyl sites for hydroxylation is 1. The maximum Gasteiger partial charge on any atom is 0.270 e. The van der Waals surface area contributed by atoms with E-state index < -0.39 is 0 Å². The number of aromatic nitrogens is 4. The molecule has 6 nitrogen and oxygen atoms in total. The van der Waals surface area contributed by atoms with E-state index in [0.717, 1.165) is 28.1 Å². The molecule has 0 radical (unpaired) electrons. The number of nitrogens with one attached hydrogen (secondary N) is 2. The lowest BCUT2D eigenvalue weighted by Crippen LogP contribution is -2.31. The minimum absolute atomic E-state index is 0.206. The van der Waals surface area contributed by atoms with Gasteiger partial charge in [0.05, 0.1) is 17.4 Å². The van der Waals surface area contributed by atoms with Gasteiger partial charge < -0.3 is 5.32 Å². The van der Waals surface area contributed by atoms with E-state index in [1.807, 2.05) is 80.7 Å². The highest BCUT2D eigenvalue weighted by molar-refractivity contribution is 5.95. The molecule has 0 aliphatic carbocycles. The summed E-state index contributed by atoms with van der Waals surface area (Å²) in [7, 11) is 1.87. The minimum atomic E-state index is -0.316. The summed E-state index contributed by atoms with van der Waals surface area (Å²) < 4.78 is 1.77. The van der Waals surface area contributed by atoms with Crippen molar-refractivity contribution in [3.8, 4) is 11.3 Å². The van der Waals surface area contributed by atoms with E-state index in [9.17, 15) is 4.79 Å². The molecular formula is C22H21N5O. The van der Waals surface area contributed by atoms with Crippen LogP contribution in [0, 0.1) is 6.92 Å². The largest absolute Gasteiger partial charge is 0.338 e. The van der Waals surface area contributed by atoms with E-state index >= 15 is 0 Å². The molecular weight excluding hydrogens is 350 g/mol. The summed E-state index contributed by atoms with van der Waals surface area (Å²) in [5, 5.41) is 14.6. The second kappa shape index (κ2) is 7.52. The first kappa shape index (κ1) is 17.7. The van der Waals surface area contributed by atoms with E-state index in [-0.39, 0.29) is 11.9 Å². The number of benzene rings is 2. The van der Waals surface area contributed by atoms with Gasteiger partial charge in [-0.15, -0.1) is 0 Å². The van der Waals surface area contributed by atoms with Crippen molar-refractivity contribution in [3.63, 3.8) is 0 Å². The van der Waals surface area contributed by atoms with Gasteiger partial charge in [0.2, 0.25) is 0 Å². The molecule has 2 aromatic carbocycles. The third kappa shape index (κ3) is 3.32. The quantitative estimate of drug-likeness (QED) is 0.562. The number of carbonyl (C=O) groups excluding carboxylic acids is 1. The zero-order valence-electron chi connectivity index (χ0n) is 15.8. The highest BCUT2D eigenvalue weighted by Gasteiger charge is 2.23. The zero-order chi connectivity index (χ0) is 19.5. The first-order valence-corrected chi connectivity index (χ1v) is 9.09. The average Bonchev–Trinajstić information content (AvgIpc) is 3.33. The number of hydrogen-bond acceptors (Lipinski definition) is 3. The Kier molecular flexibility index (Phi) is 4.76. The highest BCUT2D eigenvalue weighted by atomic mass is 16.2. The van der Waals surface area contributed by atoms with Gasteiger partial charge >= 0.3 is 0 Å². The van der Waals surface area contributed by atoms with Gasteiger partial charge in [-0.25, -0.2) is 0 Å². The van der Waals surface area contributed by atoms with Crippen molar-refractivity contribution in [3.05, 3.63) is 95.4 Å². The van der Waals surface area contributed by atoms with Crippen LogP contribution in [0.15, 0.2) is 72.9 Å². The minimum Gasteiger partial charge on any atom is -0.338 e. The van der Waals surface area contributed by atoms with Crippen molar-refractivity contribution in [2.24, 2.45) is 7.05 Å². The maximum absolute atomic E-state index is 13.1. The van der Waals surface area contributed by atoms with Gasteiger partial charge in [-0.3, -0.25) is 14.6 Å². The summed E-state index contributed by atoms with van der Waals surface area (Å²) in [5.41, 5.74) is 4.92. The molecule has 0 aliphatic heterocycles. The Hall–Kier alpha value is -3.67. The molecule has 0 spiro atoms. The summed E-state index contributed by atoms with van der Waals surface area (Å²) in [6.07, 6.45) is 1.73. The Morgan fingerprint density at radius 3 is 2.36 bits per heavy atom. The summed E-state index contributed by atoms with van der Waals surface area (Å²) in [6.45, 7) is 1.91. The van der Waals surface area contributed by atoms with Crippen LogP contribution in [0.4, 0.5) is 0 Å². The molecule has 0 aliphatic rings. The fourth-order valence-electron chi connectivity index (χ4n) is 3.34. The first-order chi connectivity index (χ1) is 13.6. The van der Waals surface area contributed by atoms with Gasteiger partial charge in [-0.1, -0.05) is 60.7 Å². The van der Waals surface area contributed by atoms with Crippen LogP contribution in [0.3, 0.4) is 0 Å². The number of carbonyl (C=O) groups is 1. The monoisotopic (exact) mass is 371 g/mol. The highest BCUT2D eigenvalue weighted by Crippen LogP contribution is 2.25. The molecule has 1 atom stereocenters. The Bertz CT molecular complexity index is 1080. The topological polar surface area (TPSA) is 75.6 Å². The van der Waals surface area contributed by atoms with E-state index in [4.69, 9.17) is 0 Å². The Morgan fingerprint density at radius 2 is 1.71 bits per heavy atom. The fourth-order valence-corrected chi connectivity index (χ4v) is 3.34. The Morgan fingerprint density at radius 1 is 1.04 bits per heavy atom. The van der Waals surface area contributed by atoms with Crippen molar-refractivity contribution in [2.45, 2.75) is 13.0 Å². The fraction of sp³-hybridized carbons (Fsp3) is 0.136. The molecule has 140 valence electrons. The standard InChI is InChI=1S/C22H21N5O/c1-15-19(16-9-5-3-6-10-16)25-26-20(15)22(28)24-21(17-11-7-4-8-12-17)18-13-14-23-27(18)2/h3-14,21H,1-2H3,(H,24,28)(H,25,26). The third-order valence-corrected chi connectivity index (χ3v) is 4.85. The van der Waals surface area contributed by atoms with Gasteiger partial charge in [-0.2, -0.15) is 10.2 Å². The van der Waals surface area contributed by atoms with Crippen molar-refractivity contribution >= 4 is 5.91 Å². The molecule has 6 heteroatoms.